The first-order chi connectivity index (χ1) is 5.65. The molecule has 0 aromatic carbocycles. The number of aliphatic hydroxyl groups is 1. The van der Waals surface area contributed by atoms with Gasteiger partial charge < -0.3 is 5.11 Å². The molecule has 60 valence electrons. The lowest BCUT2D eigenvalue weighted by Crippen LogP contribution is -2.11. The Balaban J connectivity index is 3.20. The van der Waals surface area contributed by atoms with Crippen molar-refractivity contribution < 1.29 is 9.90 Å². The molecule has 12 heavy (non-hydrogen) atoms. The first-order valence-corrected chi connectivity index (χ1v) is 3.51. The molecule has 0 bridgehead atoms. The van der Waals surface area contributed by atoms with Crippen LogP contribution in [0.15, 0.2) is 12.3 Å². The Morgan fingerprint density at radius 2 is 2.42 bits per heavy atom. The molecule has 1 rings (SSSR count). The lowest BCUT2D eigenvalue weighted by molar-refractivity contribution is 0.101. The van der Waals surface area contributed by atoms with Crippen LogP contribution in [-0.4, -0.2) is 23.7 Å². The Morgan fingerprint density at radius 1 is 1.75 bits per heavy atom. The van der Waals surface area contributed by atoms with Gasteiger partial charge in [0.2, 0.25) is 0 Å². The number of hydrogen-bond donors (Lipinski definition) is 1. The molecule has 0 amide bonds. The van der Waals surface area contributed by atoms with Crippen LogP contribution in [0.25, 0.3) is 0 Å². The van der Waals surface area contributed by atoms with E-state index in [0.717, 1.165) is 0 Å². The van der Waals surface area contributed by atoms with Crippen molar-refractivity contribution in [3.8, 4) is 0 Å². The molecule has 0 atom stereocenters. The maximum absolute atomic E-state index is 10.9. The summed E-state index contributed by atoms with van der Waals surface area (Å²) in [6.45, 7) is 1.19. The topological polar surface area (TPSA) is 50.2 Å². The molecule has 0 fully saturated rings. The molecule has 4 heteroatoms. The smallest absolute Gasteiger partial charge is 0.178 e. The molecule has 0 saturated heterocycles. The first kappa shape index (κ1) is 8.94. The Kier molecular flexibility index (Phi) is 2.60. The van der Waals surface area contributed by atoms with Gasteiger partial charge in [-0.05, 0) is 0 Å². The van der Waals surface area contributed by atoms with Gasteiger partial charge in [-0.25, -0.2) is 0 Å². The van der Waals surface area contributed by atoms with Gasteiger partial charge in [0.15, 0.2) is 5.78 Å². The van der Waals surface area contributed by atoms with Crippen LogP contribution in [0.4, 0.5) is 0 Å². The van der Waals surface area contributed by atoms with Gasteiger partial charge in [-0.1, -0.05) is 11.5 Å². The van der Waals surface area contributed by atoms with Crippen LogP contribution in [-0.2, 0) is 6.61 Å². The quantitative estimate of drug-likeness (QED) is 0.472. The van der Waals surface area contributed by atoms with Crippen molar-refractivity contribution in [3.05, 3.63) is 23.5 Å². The fraction of sp³-hybridized carbons (Fsp3) is 0.250. The highest BCUT2D eigenvalue weighted by Gasteiger charge is 2.06. The summed E-state index contributed by atoms with van der Waals surface area (Å²) < 4.78 is 0. The molecule has 0 aliphatic carbocycles. The number of carbonyl (C=O) groups excluding carboxylic acids is 1. The molecule has 0 spiro atoms. The van der Waals surface area contributed by atoms with Crippen LogP contribution >= 0.6 is 0 Å². The Hall–Kier alpha value is -1.16. The second kappa shape index (κ2) is 3.49. The number of carbonyl (C=O) groups is 1. The maximum Gasteiger partial charge on any atom is 0.178 e. The van der Waals surface area contributed by atoms with Gasteiger partial charge in [-0.15, -0.1) is 0 Å². The third kappa shape index (κ3) is 1.71. The fourth-order valence-corrected chi connectivity index (χ4v) is 0.966. The van der Waals surface area contributed by atoms with Gasteiger partial charge in [0.05, 0.1) is 6.61 Å². The summed E-state index contributed by atoms with van der Waals surface area (Å²) in [6, 6.07) is 1.55. The van der Waals surface area contributed by atoms with Crippen molar-refractivity contribution in [2.45, 2.75) is 13.5 Å². The Bertz CT molecular complexity index is 312. The standard InChI is InChI=1S/C8H8BNO2/c1-5(12)8-6(4-11)2-7(9)3-10-8/h2-3,11H,4H2,1H3. The number of ketones is 1. The highest BCUT2D eigenvalue weighted by Crippen LogP contribution is 2.03. The number of rotatable bonds is 2. The normalized spacial score (nSPS) is 9.83. The monoisotopic (exact) mass is 161 g/mol. The molecule has 2 radical (unpaired) electrons. The fourth-order valence-electron chi connectivity index (χ4n) is 0.966. The highest BCUT2D eigenvalue weighted by molar-refractivity contribution is 6.32. The molecule has 1 aromatic heterocycles. The lowest BCUT2D eigenvalue weighted by atomic mass is 9.95. The average Bonchev–Trinajstić information content (AvgIpc) is 2.03. The van der Waals surface area contributed by atoms with Crippen LogP contribution in [0.3, 0.4) is 0 Å². The molecule has 0 aliphatic heterocycles. The van der Waals surface area contributed by atoms with E-state index in [4.69, 9.17) is 13.0 Å². The number of Topliss-reactive ketones (excluding diaryl/α,β-unsaturated/α-hetero) is 1. The van der Waals surface area contributed by atoms with E-state index in [1.807, 2.05) is 0 Å². The third-order valence-electron chi connectivity index (χ3n) is 1.49. The summed E-state index contributed by atoms with van der Waals surface area (Å²) in [5, 5.41) is 8.84. The van der Waals surface area contributed by atoms with Gasteiger partial charge in [0, 0.05) is 18.7 Å². The molecule has 1 heterocycles. The van der Waals surface area contributed by atoms with Gasteiger partial charge >= 0.3 is 0 Å². The summed E-state index contributed by atoms with van der Waals surface area (Å²) in [5.41, 5.74) is 1.21. The Labute approximate surface area is 71.9 Å². The van der Waals surface area contributed by atoms with Crippen molar-refractivity contribution in [3.63, 3.8) is 0 Å². The number of nitrogens with zero attached hydrogens (tertiary/aromatic N) is 1. The number of aromatic nitrogens is 1. The van der Waals surface area contributed by atoms with E-state index in [1.165, 1.54) is 13.1 Å². The van der Waals surface area contributed by atoms with Crippen molar-refractivity contribution in [2.75, 3.05) is 0 Å². The van der Waals surface area contributed by atoms with E-state index in [9.17, 15) is 4.79 Å². The van der Waals surface area contributed by atoms with E-state index in [0.29, 0.717) is 11.0 Å². The van der Waals surface area contributed by atoms with Gasteiger partial charge in [-0.2, -0.15) is 0 Å². The summed E-state index contributed by atoms with van der Waals surface area (Å²) in [7, 11) is 5.42. The predicted molar refractivity (Wildman–Crippen MR) is 45.6 cm³/mol. The maximum atomic E-state index is 10.9. The Morgan fingerprint density at radius 3 is 2.92 bits per heavy atom. The summed E-state index contributed by atoms with van der Waals surface area (Å²) in [6.07, 6.45) is 1.40. The first-order valence-electron chi connectivity index (χ1n) is 3.51. The van der Waals surface area contributed by atoms with Crippen LogP contribution in [0.1, 0.15) is 23.0 Å². The molecule has 3 nitrogen and oxygen atoms in total. The summed E-state index contributed by atoms with van der Waals surface area (Å²) >= 11 is 0. The van der Waals surface area contributed by atoms with E-state index < -0.39 is 0 Å². The summed E-state index contributed by atoms with van der Waals surface area (Å²) in [4.78, 5) is 14.7. The third-order valence-corrected chi connectivity index (χ3v) is 1.49. The van der Waals surface area contributed by atoms with Crippen molar-refractivity contribution >= 4 is 19.1 Å². The van der Waals surface area contributed by atoms with E-state index in [-0.39, 0.29) is 18.1 Å². The van der Waals surface area contributed by atoms with Crippen molar-refractivity contribution in [1.82, 2.24) is 4.98 Å². The van der Waals surface area contributed by atoms with Gasteiger partial charge in [0.25, 0.3) is 0 Å². The van der Waals surface area contributed by atoms with Crippen LogP contribution in [0.5, 0.6) is 0 Å². The minimum atomic E-state index is -0.215. The molecule has 0 aliphatic rings. The SMILES string of the molecule is [B]c1cnc(C(C)=O)c(CO)c1. The lowest BCUT2D eigenvalue weighted by Gasteiger charge is -2.03. The summed E-state index contributed by atoms with van der Waals surface area (Å²) in [5.74, 6) is -0.168. The van der Waals surface area contributed by atoms with Crippen LogP contribution < -0.4 is 5.46 Å². The zero-order valence-electron chi connectivity index (χ0n) is 6.74. The molecular weight excluding hydrogens is 153 g/mol. The van der Waals surface area contributed by atoms with E-state index >= 15 is 0 Å². The van der Waals surface area contributed by atoms with Crippen LogP contribution in [0, 0.1) is 0 Å². The molecule has 0 unspecified atom stereocenters. The molecular formula is C8H8BNO2. The van der Waals surface area contributed by atoms with Gasteiger partial charge in [-0.3, -0.25) is 9.78 Å². The van der Waals surface area contributed by atoms with Crippen LogP contribution in [0.2, 0.25) is 0 Å². The molecule has 1 aromatic rings. The molecule has 1 N–H and O–H groups in total. The predicted octanol–water partition coefficient (Wildman–Crippen LogP) is -0.430. The zero-order valence-corrected chi connectivity index (χ0v) is 6.74. The minimum absolute atomic E-state index is 0.168. The van der Waals surface area contributed by atoms with Crippen molar-refractivity contribution in [1.29, 1.82) is 0 Å². The second-order valence-corrected chi connectivity index (χ2v) is 2.49. The van der Waals surface area contributed by atoms with Crippen molar-refractivity contribution in [2.24, 2.45) is 0 Å². The second-order valence-electron chi connectivity index (χ2n) is 2.49. The van der Waals surface area contributed by atoms with Gasteiger partial charge in [0.1, 0.15) is 13.5 Å². The number of aliphatic hydroxyl groups excluding tert-OH is 1. The number of hydrogen-bond acceptors (Lipinski definition) is 3. The average molecular weight is 161 g/mol. The highest BCUT2D eigenvalue weighted by atomic mass is 16.3. The largest absolute Gasteiger partial charge is 0.392 e. The molecule has 0 saturated carbocycles. The van der Waals surface area contributed by atoms with E-state index in [2.05, 4.69) is 4.98 Å². The minimum Gasteiger partial charge on any atom is -0.392 e. The number of pyridine rings is 1. The van der Waals surface area contributed by atoms with E-state index in [1.54, 1.807) is 6.07 Å². The zero-order chi connectivity index (χ0) is 9.14.